The van der Waals surface area contributed by atoms with Crippen molar-refractivity contribution in [3.8, 4) is 22.8 Å². The van der Waals surface area contributed by atoms with Gasteiger partial charge in [0.2, 0.25) is 0 Å². The molecule has 0 aliphatic heterocycles. The molecule has 7 nitrogen and oxygen atoms in total. The molecule has 0 aliphatic rings. The van der Waals surface area contributed by atoms with E-state index in [1.54, 1.807) is 24.4 Å². The van der Waals surface area contributed by atoms with Crippen LogP contribution in [-0.2, 0) is 12.3 Å². The lowest BCUT2D eigenvalue weighted by atomic mass is 10.2. The number of aromatic nitrogens is 6. The first-order valence-corrected chi connectivity index (χ1v) is 10.1. The van der Waals surface area contributed by atoms with Gasteiger partial charge in [0.25, 0.3) is 5.89 Å². The summed E-state index contributed by atoms with van der Waals surface area (Å²) in [5.41, 5.74) is 1.65. The summed E-state index contributed by atoms with van der Waals surface area (Å²) in [6.07, 6.45) is 1.65. The number of benzene rings is 1. The fourth-order valence-corrected chi connectivity index (χ4v) is 3.83. The lowest BCUT2D eigenvalue weighted by molar-refractivity contribution is 0.425. The Kier molecular flexibility index (Phi) is 5.61. The maximum absolute atomic E-state index is 6.01. The van der Waals surface area contributed by atoms with Crippen LogP contribution in [-0.4, -0.2) is 29.9 Å². The molecule has 1 aromatic carbocycles. The second kappa shape index (κ2) is 8.30. The molecule has 0 saturated carbocycles. The van der Waals surface area contributed by atoms with Crippen molar-refractivity contribution in [1.29, 1.82) is 0 Å². The van der Waals surface area contributed by atoms with Gasteiger partial charge in [-0.25, -0.2) is 4.98 Å². The van der Waals surface area contributed by atoms with E-state index in [4.69, 9.17) is 27.7 Å². The van der Waals surface area contributed by atoms with Gasteiger partial charge in [0.15, 0.2) is 16.8 Å². The molecule has 3 aromatic heterocycles. The Morgan fingerprint density at radius 3 is 2.79 bits per heavy atom. The molecular formula is C18H14Cl2N6OS. The second-order valence-corrected chi connectivity index (χ2v) is 7.50. The molecular weight excluding hydrogens is 419 g/mol. The SMILES string of the molecule is CCn1c(SCc2noc(-c3cccc(Cl)c3)n2)nnc1-c1ccnc(Cl)c1. The van der Waals surface area contributed by atoms with Crippen molar-refractivity contribution < 1.29 is 4.52 Å². The summed E-state index contributed by atoms with van der Waals surface area (Å²) >= 11 is 13.5. The van der Waals surface area contributed by atoms with Gasteiger partial charge >= 0.3 is 0 Å². The van der Waals surface area contributed by atoms with Crippen molar-refractivity contribution in [2.24, 2.45) is 0 Å². The monoisotopic (exact) mass is 432 g/mol. The minimum absolute atomic E-state index is 0.415. The standard InChI is InChI=1S/C18H14Cl2N6OS/c1-2-26-16(11-6-7-21-14(20)9-11)23-24-18(26)28-10-15-22-17(27-25-15)12-4-3-5-13(19)8-12/h3-9H,2,10H2,1H3. The predicted molar refractivity (Wildman–Crippen MR) is 108 cm³/mol. The quantitative estimate of drug-likeness (QED) is 0.312. The van der Waals surface area contributed by atoms with Gasteiger partial charge in [0, 0.05) is 28.9 Å². The maximum atomic E-state index is 6.01. The van der Waals surface area contributed by atoms with Crippen LogP contribution in [0.4, 0.5) is 0 Å². The first kappa shape index (κ1) is 18.9. The maximum Gasteiger partial charge on any atom is 0.258 e. The molecule has 0 saturated heterocycles. The third kappa shape index (κ3) is 4.04. The van der Waals surface area contributed by atoms with Crippen LogP contribution in [0.5, 0.6) is 0 Å². The Bertz CT molecular complexity index is 1110. The number of hydrogen-bond acceptors (Lipinski definition) is 7. The van der Waals surface area contributed by atoms with Gasteiger partial charge in [-0.2, -0.15) is 4.98 Å². The number of thioether (sulfide) groups is 1. The van der Waals surface area contributed by atoms with E-state index in [1.807, 2.05) is 29.7 Å². The van der Waals surface area contributed by atoms with Gasteiger partial charge in [-0.3, -0.25) is 0 Å². The number of pyridine rings is 1. The fraction of sp³-hybridized carbons (Fsp3) is 0.167. The Hall–Kier alpha value is -2.42. The van der Waals surface area contributed by atoms with E-state index in [2.05, 4.69) is 25.3 Å². The van der Waals surface area contributed by atoms with Crippen molar-refractivity contribution >= 4 is 35.0 Å². The molecule has 0 amide bonds. The van der Waals surface area contributed by atoms with Crippen molar-refractivity contribution in [2.45, 2.75) is 24.4 Å². The molecule has 4 aromatic rings. The Labute approximate surface area is 175 Å². The first-order chi connectivity index (χ1) is 13.6. The van der Waals surface area contributed by atoms with Crippen molar-refractivity contribution in [2.75, 3.05) is 0 Å². The fourth-order valence-electron chi connectivity index (χ4n) is 2.62. The summed E-state index contributed by atoms with van der Waals surface area (Å²) in [5, 5.41) is 14.4. The summed E-state index contributed by atoms with van der Waals surface area (Å²) in [6.45, 7) is 2.75. The lowest BCUT2D eigenvalue weighted by Gasteiger charge is -2.06. The smallest absolute Gasteiger partial charge is 0.258 e. The highest BCUT2D eigenvalue weighted by atomic mass is 35.5. The highest BCUT2D eigenvalue weighted by molar-refractivity contribution is 7.98. The van der Waals surface area contributed by atoms with E-state index in [0.717, 1.165) is 22.1 Å². The zero-order valence-corrected chi connectivity index (χ0v) is 17.0. The summed E-state index contributed by atoms with van der Waals surface area (Å²) in [4.78, 5) is 8.43. The zero-order chi connectivity index (χ0) is 19.5. The zero-order valence-electron chi connectivity index (χ0n) is 14.7. The van der Waals surface area contributed by atoms with E-state index >= 15 is 0 Å². The van der Waals surface area contributed by atoms with Gasteiger partial charge in [-0.15, -0.1) is 10.2 Å². The third-order valence-electron chi connectivity index (χ3n) is 3.89. The van der Waals surface area contributed by atoms with E-state index in [9.17, 15) is 0 Å². The minimum atomic E-state index is 0.415. The van der Waals surface area contributed by atoms with Crippen LogP contribution in [0.25, 0.3) is 22.8 Å². The van der Waals surface area contributed by atoms with Gasteiger partial charge in [-0.1, -0.05) is 46.2 Å². The van der Waals surface area contributed by atoms with E-state index in [-0.39, 0.29) is 0 Å². The summed E-state index contributed by atoms with van der Waals surface area (Å²) < 4.78 is 7.35. The molecule has 0 bridgehead atoms. The second-order valence-electron chi connectivity index (χ2n) is 5.73. The van der Waals surface area contributed by atoms with Crippen LogP contribution in [0.3, 0.4) is 0 Å². The highest BCUT2D eigenvalue weighted by Crippen LogP contribution is 2.27. The predicted octanol–water partition coefficient (Wildman–Crippen LogP) is 5.01. The average molecular weight is 433 g/mol. The summed E-state index contributed by atoms with van der Waals surface area (Å²) in [7, 11) is 0. The Morgan fingerprint density at radius 1 is 1.11 bits per heavy atom. The summed E-state index contributed by atoms with van der Waals surface area (Å²) in [6, 6.07) is 10.9. The largest absolute Gasteiger partial charge is 0.334 e. The van der Waals surface area contributed by atoms with Crippen molar-refractivity contribution in [3.05, 3.63) is 58.6 Å². The Morgan fingerprint density at radius 2 is 2.00 bits per heavy atom. The Balaban J connectivity index is 1.51. The molecule has 0 aliphatic carbocycles. The van der Waals surface area contributed by atoms with E-state index in [0.29, 0.717) is 34.2 Å². The molecule has 4 rings (SSSR count). The molecule has 3 heterocycles. The third-order valence-corrected chi connectivity index (χ3v) is 5.29. The highest BCUT2D eigenvalue weighted by Gasteiger charge is 2.16. The van der Waals surface area contributed by atoms with Crippen LogP contribution in [0.15, 0.2) is 52.3 Å². The summed E-state index contributed by atoms with van der Waals surface area (Å²) in [5.74, 6) is 2.24. The lowest BCUT2D eigenvalue weighted by Crippen LogP contribution is -2.00. The molecule has 142 valence electrons. The molecule has 0 atom stereocenters. The van der Waals surface area contributed by atoms with E-state index < -0.39 is 0 Å². The van der Waals surface area contributed by atoms with Crippen molar-refractivity contribution in [1.82, 2.24) is 29.9 Å². The first-order valence-electron chi connectivity index (χ1n) is 8.40. The normalized spacial score (nSPS) is 11.1. The molecule has 28 heavy (non-hydrogen) atoms. The van der Waals surface area contributed by atoms with Crippen LogP contribution in [0.2, 0.25) is 10.2 Å². The molecule has 0 fully saturated rings. The molecule has 0 spiro atoms. The van der Waals surface area contributed by atoms with Crippen LogP contribution in [0, 0.1) is 0 Å². The number of nitrogens with zero attached hydrogens (tertiary/aromatic N) is 6. The minimum Gasteiger partial charge on any atom is -0.334 e. The van der Waals surface area contributed by atoms with Crippen LogP contribution in [0.1, 0.15) is 12.7 Å². The molecule has 0 unspecified atom stereocenters. The van der Waals surface area contributed by atoms with E-state index in [1.165, 1.54) is 11.8 Å². The topological polar surface area (TPSA) is 82.5 Å². The van der Waals surface area contributed by atoms with Crippen molar-refractivity contribution in [3.63, 3.8) is 0 Å². The van der Waals surface area contributed by atoms with Gasteiger partial charge in [0.1, 0.15) is 5.15 Å². The van der Waals surface area contributed by atoms with Crippen LogP contribution < -0.4 is 0 Å². The number of halogens is 2. The number of hydrogen-bond donors (Lipinski definition) is 0. The van der Waals surface area contributed by atoms with Gasteiger partial charge in [-0.05, 0) is 37.3 Å². The number of rotatable bonds is 6. The molecule has 0 N–H and O–H groups in total. The van der Waals surface area contributed by atoms with Crippen LogP contribution >= 0.6 is 35.0 Å². The van der Waals surface area contributed by atoms with Gasteiger partial charge in [0.05, 0.1) is 5.75 Å². The molecule has 10 heteroatoms. The van der Waals surface area contributed by atoms with Gasteiger partial charge < -0.3 is 9.09 Å². The average Bonchev–Trinajstić information content (AvgIpc) is 3.33. The molecule has 0 radical (unpaired) electrons.